The summed E-state index contributed by atoms with van der Waals surface area (Å²) in [7, 11) is 0. The summed E-state index contributed by atoms with van der Waals surface area (Å²) in [5.41, 5.74) is 2.55. The Balaban J connectivity index is 1.93. The zero-order valence-electron chi connectivity index (χ0n) is 10.9. The molecular formula is C15H17ClN2S. The zero-order valence-corrected chi connectivity index (χ0v) is 12.5. The minimum absolute atomic E-state index is 0.192. The van der Waals surface area contributed by atoms with E-state index in [1.807, 2.05) is 23.5 Å². The van der Waals surface area contributed by atoms with Crippen LogP contribution in [0.5, 0.6) is 0 Å². The van der Waals surface area contributed by atoms with Crippen molar-refractivity contribution < 1.29 is 0 Å². The third-order valence-corrected chi connectivity index (χ3v) is 4.94. The van der Waals surface area contributed by atoms with E-state index < -0.39 is 0 Å². The predicted octanol–water partition coefficient (Wildman–Crippen LogP) is 3.98. The van der Waals surface area contributed by atoms with Gasteiger partial charge in [-0.3, -0.25) is 0 Å². The van der Waals surface area contributed by atoms with E-state index in [2.05, 4.69) is 24.4 Å². The van der Waals surface area contributed by atoms with Crippen molar-refractivity contribution in [3.63, 3.8) is 0 Å². The van der Waals surface area contributed by atoms with E-state index in [0.29, 0.717) is 0 Å². The second-order valence-corrected chi connectivity index (χ2v) is 6.37. The van der Waals surface area contributed by atoms with Crippen molar-refractivity contribution in [2.45, 2.75) is 32.2 Å². The molecule has 3 rings (SSSR count). The highest BCUT2D eigenvalue weighted by molar-refractivity contribution is 7.11. The summed E-state index contributed by atoms with van der Waals surface area (Å²) in [6.07, 6.45) is 3.61. The first-order valence-corrected chi connectivity index (χ1v) is 7.94. The Bertz CT molecular complexity index is 541. The summed E-state index contributed by atoms with van der Waals surface area (Å²) in [6, 6.07) is 8.26. The number of aryl methyl sites for hydroxylation is 2. The van der Waals surface area contributed by atoms with Crippen molar-refractivity contribution in [1.29, 1.82) is 0 Å². The highest BCUT2D eigenvalue weighted by Crippen LogP contribution is 2.33. The molecule has 2 nitrogen and oxygen atoms in total. The largest absolute Gasteiger partial charge is 0.305 e. The van der Waals surface area contributed by atoms with Crippen LogP contribution in [0.1, 0.15) is 40.5 Å². The van der Waals surface area contributed by atoms with E-state index in [1.165, 1.54) is 34.0 Å². The number of rotatable bonds is 4. The molecule has 0 saturated carbocycles. The molecule has 1 aliphatic carbocycles. The number of nitrogens with one attached hydrogen (secondary N) is 1. The Morgan fingerprint density at radius 2 is 2.11 bits per heavy atom. The molecule has 100 valence electrons. The molecule has 0 bridgehead atoms. The van der Waals surface area contributed by atoms with Crippen molar-refractivity contribution in [2.24, 2.45) is 0 Å². The third kappa shape index (κ3) is 2.69. The molecule has 0 radical (unpaired) electrons. The molecular weight excluding hydrogens is 276 g/mol. The van der Waals surface area contributed by atoms with E-state index >= 15 is 0 Å². The highest BCUT2D eigenvalue weighted by atomic mass is 35.5. The number of hydrogen-bond acceptors (Lipinski definition) is 3. The first-order valence-electron chi connectivity index (χ1n) is 6.75. The van der Waals surface area contributed by atoms with Gasteiger partial charge in [0.15, 0.2) is 0 Å². The number of thiazole rings is 1. The van der Waals surface area contributed by atoms with Gasteiger partial charge in [-0.2, -0.15) is 0 Å². The predicted molar refractivity (Wildman–Crippen MR) is 81.1 cm³/mol. The SMILES string of the molecule is CCNC(c1ccc(Cl)cc1)c1nc2c(s1)CCC2. The lowest BCUT2D eigenvalue weighted by Crippen LogP contribution is -2.21. The van der Waals surface area contributed by atoms with Gasteiger partial charge in [-0.15, -0.1) is 11.3 Å². The maximum Gasteiger partial charge on any atom is 0.115 e. The first-order chi connectivity index (χ1) is 9.28. The van der Waals surface area contributed by atoms with E-state index in [0.717, 1.165) is 18.0 Å². The van der Waals surface area contributed by atoms with E-state index in [4.69, 9.17) is 16.6 Å². The van der Waals surface area contributed by atoms with Gasteiger partial charge in [0.2, 0.25) is 0 Å². The van der Waals surface area contributed by atoms with Crippen LogP contribution in [0.25, 0.3) is 0 Å². The van der Waals surface area contributed by atoms with Crippen LogP contribution in [0.2, 0.25) is 5.02 Å². The van der Waals surface area contributed by atoms with Crippen molar-refractivity contribution >= 4 is 22.9 Å². The Hall–Kier alpha value is -0.900. The quantitative estimate of drug-likeness (QED) is 0.922. The highest BCUT2D eigenvalue weighted by Gasteiger charge is 2.22. The van der Waals surface area contributed by atoms with Crippen LogP contribution in [-0.4, -0.2) is 11.5 Å². The summed E-state index contributed by atoms with van der Waals surface area (Å²) in [5, 5.41) is 5.50. The topological polar surface area (TPSA) is 24.9 Å². The summed E-state index contributed by atoms with van der Waals surface area (Å²) in [4.78, 5) is 6.31. The van der Waals surface area contributed by atoms with Gasteiger partial charge in [0.1, 0.15) is 5.01 Å². The lowest BCUT2D eigenvalue weighted by atomic mass is 10.1. The first kappa shape index (κ1) is 13.1. The Kier molecular flexibility index (Phi) is 3.87. The van der Waals surface area contributed by atoms with Crippen LogP contribution in [0.3, 0.4) is 0 Å². The number of halogens is 1. The molecule has 4 heteroatoms. The van der Waals surface area contributed by atoms with Crippen molar-refractivity contribution in [3.8, 4) is 0 Å². The van der Waals surface area contributed by atoms with Crippen LogP contribution in [0.15, 0.2) is 24.3 Å². The van der Waals surface area contributed by atoms with E-state index in [1.54, 1.807) is 0 Å². The number of nitrogens with zero attached hydrogens (tertiary/aromatic N) is 1. The zero-order chi connectivity index (χ0) is 13.2. The molecule has 1 unspecified atom stereocenters. The standard InChI is InChI=1S/C15H17ClN2S/c1-2-17-14(10-6-8-11(16)9-7-10)15-18-12-4-3-5-13(12)19-15/h6-9,14,17H,2-5H2,1H3. The monoisotopic (exact) mass is 292 g/mol. The minimum atomic E-state index is 0.192. The molecule has 0 aliphatic heterocycles. The van der Waals surface area contributed by atoms with Crippen LogP contribution in [-0.2, 0) is 12.8 Å². The lowest BCUT2D eigenvalue weighted by Gasteiger charge is -2.16. The number of hydrogen-bond donors (Lipinski definition) is 1. The molecule has 0 spiro atoms. The molecule has 1 atom stereocenters. The maximum atomic E-state index is 5.97. The average Bonchev–Trinajstić information content (AvgIpc) is 2.98. The van der Waals surface area contributed by atoms with Gasteiger partial charge in [0, 0.05) is 9.90 Å². The summed E-state index contributed by atoms with van der Waals surface area (Å²) < 4.78 is 0. The van der Waals surface area contributed by atoms with Gasteiger partial charge < -0.3 is 5.32 Å². The molecule has 1 heterocycles. The molecule has 0 amide bonds. The van der Waals surface area contributed by atoms with Gasteiger partial charge in [0.05, 0.1) is 11.7 Å². The van der Waals surface area contributed by atoms with Crippen molar-refractivity contribution in [3.05, 3.63) is 50.4 Å². The summed E-state index contributed by atoms with van der Waals surface area (Å²) >= 11 is 7.83. The Morgan fingerprint density at radius 3 is 2.79 bits per heavy atom. The maximum absolute atomic E-state index is 5.97. The van der Waals surface area contributed by atoms with Crippen LogP contribution in [0, 0.1) is 0 Å². The number of fused-ring (bicyclic) bond motifs is 1. The fourth-order valence-corrected chi connectivity index (χ4v) is 3.92. The average molecular weight is 293 g/mol. The van der Waals surface area contributed by atoms with Crippen LogP contribution >= 0.6 is 22.9 Å². The van der Waals surface area contributed by atoms with Crippen LogP contribution in [0.4, 0.5) is 0 Å². The Morgan fingerprint density at radius 1 is 1.32 bits per heavy atom. The van der Waals surface area contributed by atoms with Gasteiger partial charge in [-0.25, -0.2) is 4.98 Å². The van der Waals surface area contributed by atoms with Gasteiger partial charge in [-0.1, -0.05) is 30.7 Å². The molecule has 2 aromatic rings. The molecule has 1 N–H and O–H groups in total. The molecule has 1 aliphatic rings. The Labute approximate surface area is 122 Å². The normalized spacial score (nSPS) is 15.5. The van der Waals surface area contributed by atoms with Gasteiger partial charge >= 0.3 is 0 Å². The second-order valence-electron chi connectivity index (χ2n) is 4.82. The molecule has 1 aromatic heterocycles. The second kappa shape index (κ2) is 5.61. The van der Waals surface area contributed by atoms with E-state index in [9.17, 15) is 0 Å². The van der Waals surface area contributed by atoms with Crippen LogP contribution < -0.4 is 5.32 Å². The van der Waals surface area contributed by atoms with Crippen molar-refractivity contribution in [2.75, 3.05) is 6.54 Å². The fourth-order valence-electron chi connectivity index (χ4n) is 2.54. The molecule has 0 fully saturated rings. The molecule has 1 aromatic carbocycles. The minimum Gasteiger partial charge on any atom is -0.305 e. The molecule has 0 saturated heterocycles. The van der Waals surface area contributed by atoms with Crippen molar-refractivity contribution in [1.82, 2.24) is 10.3 Å². The lowest BCUT2D eigenvalue weighted by molar-refractivity contribution is 0.625. The fraction of sp³-hybridized carbons (Fsp3) is 0.400. The van der Waals surface area contributed by atoms with Gasteiger partial charge in [-0.05, 0) is 43.5 Å². The summed E-state index contributed by atoms with van der Waals surface area (Å²) in [6.45, 7) is 3.06. The van der Waals surface area contributed by atoms with E-state index in [-0.39, 0.29) is 6.04 Å². The summed E-state index contributed by atoms with van der Waals surface area (Å²) in [5.74, 6) is 0. The molecule has 19 heavy (non-hydrogen) atoms. The third-order valence-electron chi connectivity index (χ3n) is 3.47. The number of aromatic nitrogens is 1. The smallest absolute Gasteiger partial charge is 0.115 e. The number of benzene rings is 1. The van der Waals surface area contributed by atoms with Gasteiger partial charge in [0.25, 0.3) is 0 Å².